The van der Waals surface area contributed by atoms with E-state index in [1.165, 1.54) is 31.3 Å². The van der Waals surface area contributed by atoms with E-state index in [0.29, 0.717) is 22.1 Å². The Bertz CT molecular complexity index is 870. The molecule has 0 radical (unpaired) electrons. The monoisotopic (exact) mass is 439 g/mol. The Labute approximate surface area is 180 Å². The first-order chi connectivity index (χ1) is 13.9. The fourth-order valence-corrected chi connectivity index (χ4v) is 3.37. The molecular weight excluding hydrogens is 417 g/mol. The number of nitrogens with zero attached hydrogens (tertiary/aromatic N) is 1. The molecule has 156 valence electrons. The summed E-state index contributed by atoms with van der Waals surface area (Å²) >= 11 is 12.2. The normalized spacial score (nSPS) is 11.5. The molecule has 2 aromatic carbocycles. The Balaban J connectivity index is 2.51. The zero-order valence-electron chi connectivity index (χ0n) is 16.7. The van der Waals surface area contributed by atoms with Gasteiger partial charge in [-0.2, -0.15) is 0 Å². The molecule has 2 aromatic rings. The number of halogens is 2. The van der Waals surface area contributed by atoms with Crippen molar-refractivity contribution in [2.45, 2.75) is 19.9 Å². The summed E-state index contributed by atoms with van der Waals surface area (Å²) in [5, 5.41) is 0.753. The minimum atomic E-state index is -0.934. The van der Waals surface area contributed by atoms with Crippen LogP contribution in [0.5, 0.6) is 11.5 Å². The summed E-state index contributed by atoms with van der Waals surface area (Å²) in [7, 11) is 2.91. The number of ether oxygens (including phenoxy) is 3. The number of esters is 1. The third-order valence-corrected chi connectivity index (χ3v) is 4.82. The number of methoxy groups -OCH3 is 2. The molecule has 0 N–H and O–H groups in total. The van der Waals surface area contributed by atoms with Gasteiger partial charge < -0.3 is 19.1 Å². The van der Waals surface area contributed by atoms with Crippen LogP contribution < -0.4 is 9.47 Å². The van der Waals surface area contributed by atoms with Crippen LogP contribution in [-0.2, 0) is 9.53 Å². The van der Waals surface area contributed by atoms with Gasteiger partial charge in [0.25, 0.3) is 5.91 Å². The van der Waals surface area contributed by atoms with Crippen molar-refractivity contribution in [3.63, 3.8) is 0 Å². The molecule has 2 rings (SSSR count). The smallest absolute Gasteiger partial charge is 0.333 e. The van der Waals surface area contributed by atoms with Crippen LogP contribution in [0.25, 0.3) is 0 Å². The Morgan fingerprint density at radius 1 is 1.03 bits per heavy atom. The zero-order valence-corrected chi connectivity index (χ0v) is 18.2. The molecule has 0 fully saturated rings. The third-order valence-electron chi connectivity index (χ3n) is 4.29. The fourth-order valence-electron chi connectivity index (χ4n) is 2.96. The van der Waals surface area contributed by atoms with Crippen molar-refractivity contribution in [3.8, 4) is 11.5 Å². The van der Waals surface area contributed by atoms with Crippen LogP contribution >= 0.6 is 23.2 Å². The molecule has 0 aliphatic heterocycles. The number of carbonyl (C=O) groups is 2. The molecule has 29 heavy (non-hydrogen) atoms. The molecule has 1 amide bonds. The Kier molecular flexibility index (Phi) is 8.17. The van der Waals surface area contributed by atoms with Crippen molar-refractivity contribution in [1.29, 1.82) is 0 Å². The summed E-state index contributed by atoms with van der Waals surface area (Å²) < 4.78 is 15.7. The molecule has 0 aromatic heterocycles. The summed E-state index contributed by atoms with van der Waals surface area (Å²) in [4.78, 5) is 27.5. The van der Waals surface area contributed by atoms with E-state index in [4.69, 9.17) is 37.4 Å². The van der Waals surface area contributed by atoms with Crippen LogP contribution in [-0.4, -0.2) is 44.1 Å². The van der Waals surface area contributed by atoms with Crippen LogP contribution in [0.4, 0.5) is 0 Å². The Morgan fingerprint density at radius 2 is 1.69 bits per heavy atom. The van der Waals surface area contributed by atoms with Gasteiger partial charge in [0.1, 0.15) is 0 Å². The molecule has 8 heteroatoms. The van der Waals surface area contributed by atoms with Crippen LogP contribution in [0.3, 0.4) is 0 Å². The van der Waals surface area contributed by atoms with E-state index in [-0.39, 0.29) is 23.7 Å². The third kappa shape index (κ3) is 5.14. The van der Waals surface area contributed by atoms with Crippen molar-refractivity contribution in [3.05, 3.63) is 57.6 Å². The van der Waals surface area contributed by atoms with Crippen molar-refractivity contribution in [2.75, 3.05) is 27.4 Å². The van der Waals surface area contributed by atoms with Crippen molar-refractivity contribution in [1.82, 2.24) is 4.90 Å². The van der Waals surface area contributed by atoms with Gasteiger partial charge in [-0.15, -0.1) is 0 Å². The minimum Gasteiger partial charge on any atom is -0.493 e. The number of amides is 1. The molecule has 0 heterocycles. The lowest BCUT2D eigenvalue weighted by Gasteiger charge is -2.30. The average Bonchev–Trinajstić information content (AvgIpc) is 2.71. The zero-order chi connectivity index (χ0) is 21.6. The summed E-state index contributed by atoms with van der Waals surface area (Å²) in [6, 6.07) is 8.79. The van der Waals surface area contributed by atoms with E-state index in [9.17, 15) is 9.59 Å². The fraction of sp³-hybridized carbons (Fsp3) is 0.333. The second-order valence-corrected chi connectivity index (χ2v) is 6.83. The van der Waals surface area contributed by atoms with Gasteiger partial charge in [0.2, 0.25) is 0 Å². The van der Waals surface area contributed by atoms with Crippen LogP contribution in [0.2, 0.25) is 10.0 Å². The molecule has 1 unspecified atom stereocenters. The standard InChI is InChI=1S/C21H23Cl2NO5/c1-5-24(18(21(26)29-6-2)13-7-9-15(22)10-8-13)20(25)14-11-16(23)19(28-4)17(12-14)27-3/h7-12,18H,5-6H2,1-4H3. The van der Waals surface area contributed by atoms with E-state index in [2.05, 4.69) is 0 Å². The first-order valence-corrected chi connectivity index (χ1v) is 9.78. The maximum absolute atomic E-state index is 13.3. The van der Waals surface area contributed by atoms with E-state index in [1.54, 1.807) is 38.1 Å². The van der Waals surface area contributed by atoms with Gasteiger partial charge in [0.15, 0.2) is 17.5 Å². The first-order valence-electron chi connectivity index (χ1n) is 9.02. The van der Waals surface area contributed by atoms with Crippen molar-refractivity contribution in [2.24, 2.45) is 0 Å². The molecule has 6 nitrogen and oxygen atoms in total. The highest BCUT2D eigenvalue weighted by Crippen LogP contribution is 2.37. The number of rotatable bonds is 8. The lowest BCUT2D eigenvalue weighted by atomic mass is 10.0. The van der Waals surface area contributed by atoms with Crippen LogP contribution in [0, 0.1) is 0 Å². The van der Waals surface area contributed by atoms with E-state index in [0.717, 1.165) is 0 Å². The predicted molar refractivity (Wildman–Crippen MR) is 112 cm³/mol. The minimum absolute atomic E-state index is 0.191. The van der Waals surface area contributed by atoms with Gasteiger partial charge >= 0.3 is 5.97 Å². The SMILES string of the molecule is CCOC(=O)C(c1ccc(Cl)cc1)N(CC)C(=O)c1cc(Cl)c(OC)c(OC)c1. The average molecular weight is 440 g/mol. The lowest BCUT2D eigenvalue weighted by Crippen LogP contribution is -2.39. The van der Waals surface area contributed by atoms with Gasteiger partial charge in [-0.1, -0.05) is 35.3 Å². The summed E-state index contributed by atoms with van der Waals surface area (Å²) in [6.07, 6.45) is 0. The second-order valence-electron chi connectivity index (χ2n) is 5.99. The molecule has 0 bridgehead atoms. The number of benzene rings is 2. The van der Waals surface area contributed by atoms with E-state index in [1.807, 2.05) is 0 Å². The molecule has 0 spiro atoms. The van der Waals surface area contributed by atoms with Gasteiger partial charge in [-0.3, -0.25) is 4.79 Å². The van der Waals surface area contributed by atoms with Gasteiger partial charge in [0, 0.05) is 17.1 Å². The maximum atomic E-state index is 13.3. The largest absolute Gasteiger partial charge is 0.493 e. The van der Waals surface area contributed by atoms with E-state index >= 15 is 0 Å². The molecule has 0 saturated heterocycles. The lowest BCUT2D eigenvalue weighted by molar-refractivity contribution is -0.148. The number of carbonyl (C=O) groups excluding carboxylic acids is 2. The summed E-state index contributed by atoms with van der Waals surface area (Å²) in [5.74, 6) is -0.285. The maximum Gasteiger partial charge on any atom is 0.333 e. The van der Waals surface area contributed by atoms with Gasteiger partial charge in [-0.25, -0.2) is 4.79 Å². The van der Waals surface area contributed by atoms with Crippen LogP contribution in [0.1, 0.15) is 35.8 Å². The Morgan fingerprint density at radius 3 is 2.21 bits per heavy atom. The van der Waals surface area contributed by atoms with Crippen molar-refractivity contribution < 1.29 is 23.8 Å². The van der Waals surface area contributed by atoms with Gasteiger partial charge in [0.05, 0.1) is 25.8 Å². The summed E-state index contributed by atoms with van der Waals surface area (Å²) in [6.45, 7) is 3.94. The second kappa shape index (κ2) is 10.4. The number of hydrogen-bond acceptors (Lipinski definition) is 5. The quantitative estimate of drug-likeness (QED) is 0.553. The molecule has 0 saturated carbocycles. The number of hydrogen-bond donors (Lipinski definition) is 0. The highest BCUT2D eigenvalue weighted by Gasteiger charge is 2.33. The number of likely N-dealkylation sites (N-methyl/N-ethyl adjacent to an activating group) is 1. The molecule has 0 aliphatic carbocycles. The van der Waals surface area contributed by atoms with Crippen molar-refractivity contribution >= 4 is 35.1 Å². The predicted octanol–water partition coefficient (Wildman–Crippen LogP) is 4.78. The topological polar surface area (TPSA) is 65.1 Å². The molecule has 1 atom stereocenters. The summed E-state index contributed by atoms with van der Waals surface area (Å²) in [5.41, 5.74) is 0.854. The van der Waals surface area contributed by atoms with E-state index < -0.39 is 17.9 Å². The Hall–Kier alpha value is -2.44. The highest BCUT2D eigenvalue weighted by molar-refractivity contribution is 6.32. The van der Waals surface area contributed by atoms with Gasteiger partial charge in [-0.05, 0) is 43.7 Å². The van der Waals surface area contributed by atoms with Crippen LogP contribution in [0.15, 0.2) is 36.4 Å². The molecule has 0 aliphatic rings. The molecular formula is C21H23Cl2NO5. The first kappa shape index (κ1) is 22.8. The highest BCUT2D eigenvalue weighted by atomic mass is 35.5.